The maximum absolute atomic E-state index is 11.7. The molecule has 5 nitrogen and oxygen atoms in total. The zero-order chi connectivity index (χ0) is 15.3. The number of terminal acetylenes is 1. The van der Waals surface area contributed by atoms with Gasteiger partial charge >= 0.3 is 6.09 Å². The molecule has 0 heterocycles. The average Bonchev–Trinajstić information content (AvgIpc) is 2.31. The van der Waals surface area contributed by atoms with Crippen molar-refractivity contribution in [1.29, 1.82) is 0 Å². The van der Waals surface area contributed by atoms with E-state index in [9.17, 15) is 9.90 Å². The van der Waals surface area contributed by atoms with E-state index in [1.165, 1.54) is 7.11 Å². The van der Waals surface area contributed by atoms with Crippen LogP contribution in [0.1, 0.15) is 26.3 Å². The number of methoxy groups -OCH3 is 1. The monoisotopic (exact) mass is 277 g/mol. The second-order valence-corrected chi connectivity index (χ2v) is 5.20. The summed E-state index contributed by atoms with van der Waals surface area (Å²) in [6, 6.07) is 3.21. The van der Waals surface area contributed by atoms with E-state index < -0.39 is 11.7 Å². The van der Waals surface area contributed by atoms with Gasteiger partial charge in [-0.15, -0.1) is 12.3 Å². The summed E-state index contributed by atoms with van der Waals surface area (Å²) in [6.07, 6.45) is 4.96. The van der Waals surface area contributed by atoms with Crippen LogP contribution in [0.25, 0.3) is 0 Å². The molecule has 0 aromatic heterocycles. The maximum Gasteiger partial charge on any atom is 0.412 e. The molecule has 108 valence electrons. The number of anilines is 1. The van der Waals surface area contributed by atoms with Gasteiger partial charge in [-0.2, -0.15) is 0 Å². The quantitative estimate of drug-likeness (QED) is 0.658. The minimum Gasteiger partial charge on any atom is -0.503 e. The Morgan fingerprint density at radius 2 is 2.10 bits per heavy atom. The molecule has 2 N–H and O–H groups in total. The summed E-state index contributed by atoms with van der Waals surface area (Å²) in [7, 11) is 1.42. The van der Waals surface area contributed by atoms with Gasteiger partial charge in [0.2, 0.25) is 0 Å². The molecular weight excluding hydrogens is 258 g/mol. The fraction of sp³-hybridized carbons (Fsp3) is 0.400. The lowest BCUT2D eigenvalue weighted by molar-refractivity contribution is 0.0635. The number of phenolic OH excluding ortho intramolecular Hbond substituents is 1. The molecule has 1 aromatic carbocycles. The van der Waals surface area contributed by atoms with Crippen LogP contribution < -0.4 is 10.1 Å². The summed E-state index contributed by atoms with van der Waals surface area (Å²) in [4.78, 5) is 11.7. The van der Waals surface area contributed by atoms with Crippen molar-refractivity contribution in [3.8, 4) is 23.8 Å². The van der Waals surface area contributed by atoms with E-state index in [1.807, 2.05) is 0 Å². The highest BCUT2D eigenvalue weighted by molar-refractivity contribution is 5.88. The Morgan fingerprint density at radius 1 is 1.45 bits per heavy atom. The van der Waals surface area contributed by atoms with E-state index in [1.54, 1.807) is 32.9 Å². The summed E-state index contributed by atoms with van der Waals surface area (Å²) in [5, 5.41) is 12.5. The highest BCUT2D eigenvalue weighted by Gasteiger charge is 2.19. The molecule has 20 heavy (non-hydrogen) atoms. The molecule has 0 aliphatic heterocycles. The number of carbonyl (C=O) groups excluding carboxylic acids is 1. The highest BCUT2D eigenvalue weighted by atomic mass is 16.6. The third-order valence-corrected chi connectivity index (χ3v) is 2.30. The standard InChI is InChI=1S/C15H19NO4/c1-6-7-10-8-11(13(17)12(9-10)19-5)16-14(18)20-15(2,3)4/h1,8-9,17H,7H2,2-5H3,(H,16,18). The second kappa shape index (κ2) is 6.20. The van der Waals surface area contributed by atoms with Crippen LogP contribution in [-0.2, 0) is 11.2 Å². The molecule has 1 aromatic rings. The van der Waals surface area contributed by atoms with E-state index >= 15 is 0 Å². The van der Waals surface area contributed by atoms with Gasteiger partial charge in [0.1, 0.15) is 5.60 Å². The average molecular weight is 277 g/mol. The van der Waals surface area contributed by atoms with Gasteiger partial charge in [0, 0.05) is 6.42 Å². The van der Waals surface area contributed by atoms with Crippen molar-refractivity contribution in [2.75, 3.05) is 12.4 Å². The summed E-state index contributed by atoms with van der Waals surface area (Å²) in [6.45, 7) is 5.26. The minimum atomic E-state index is -0.660. The fourth-order valence-electron chi connectivity index (χ4n) is 1.55. The van der Waals surface area contributed by atoms with Gasteiger partial charge < -0.3 is 14.6 Å². The highest BCUT2D eigenvalue weighted by Crippen LogP contribution is 2.35. The number of amides is 1. The van der Waals surface area contributed by atoms with Crippen molar-refractivity contribution in [2.24, 2.45) is 0 Å². The first kappa shape index (κ1) is 15.7. The van der Waals surface area contributed by atoms with Gasteiger partial charge in [-0.1, -0.05) is 0 Å². The Kier molecular flexibility index (Phi) is 4.87. The predicted octanol–water partition coefficient (Wildman–Crippen LogP) is 2.92. The van der Waals surface area contributed by atoms with Crippen molar-refractivity contribution >= 4 is 11.8 Å². The van der Waals surface area contributed by atoms with Crippen LogP contribution in [0.3, 0.4) is 0 Å². The number of hydrogen-bond acceptors (Lipinski definition) is 4. The number of benzene rings is 1. The molecule has 0 fully saturated rings. The van der Waals surface area contributed by atoms with Gasteiger partial charge in [-0.05, 0) is 38.5 Å². The lowest BCUT2D eigenvalue weighted by Crippen LogP contribution is -2.27. The van der Waals surface area contributed by atoms with E-state index in [0.717, 1.165) is 5.56 Å². The Morgan fingerprint density at radius 3 is 2.60 bits per heavy atom. The molecule has 0 saturated heterocycles. The van der Waals surface area contributed by atoms with Crippen LogP contribution in [0.2, 0.25) is 0 Å². The summed E-state index contributed by atoms with van der Waals surface area (Å²) in [5.74, 6) is 2.56. The zero-order valence-corrected chi connectivity index (χ0v) is 12.1. The number of nitrogens with one attached hydrogen (secondary N) is 1. The number of aromatic hydroxyl groups is 1. The molecule has 0 saturated carbocycles. The van der Waals surface area contributed by atoms with E-state index in [0.29, 0.717) is 6.42 Å². The first-order valence-electron chi connectivity index (χ1n) is 6.10. The Labute approximate surface area is 118 Å². The topological polar surface area (TPSA) is 67.8 Å². The van der Waals surface area contributed by atoms with Crippen molar-refractivity contribution in [1.82, 2.24) is 0 Å². The van der Waals surface area contributed by atoms with E-state index in [2.05, 4.69) is 11.2 Å². The Bertz CT molecular complexity index is 538. The molecule has 0 aliphatic carbocycles. The molecule has 1 rings (SSSR count). The third kappa shape index (κ3) is 4.39. The molecule has 5 heteroatoms. The lowest BCUT2D eigenvalue weighted by Gasteiger charge is -2.20. The molecular formula is C15H19NO4. The normalized spacial score (nSPS) is 10.6. The van der Waals surface area contributed by atoms with Crippen LogP contribution in [0.15, 0.2) is 12.1 Å². The van der Waals surface area contributed by atoms with Crippen LogP contribution in [0.5, 0.6) is 11.5 Å². The Balaban J connectivity index is 3.02. The maximum atomic E-state index is 11.7. The minimum absolute atomic E-state index is 0.167. The summed E-state index contributed by atoms with van der Waals surface area (Å²) in [5.41, 5.74) is 0.317. The Hall–Kier alpha value is -2.35. The molecule has 0 radical (unpaired) electrons. The van der Waals surface area contributed by atoms with Crippen molar-refractivity contribution < 1.29 is 19.4 Å². The summed E-state index contributed by atoms with van der Waals surface area (Å²) < 4.78 is 10.2. The van der Waals surface area contributed by atoms with Crippen LogP contribution in [-0.4, -0.2) is 23.9 Å². The largest absolute Gasteiger partial charge is 0.503 e. The number of rotatable bonds is 3. The van der Waals surface area contributed by atoms with Gasteiger partial charge in [-0.25, -0.2) is 4.79 Å². The van der Waals surface area contributed by atoms with Crippen LogP contribution in [0, 0.1) is 12.3 Å². The summed E-state index contributed by atoms with van der Waals surface area (Å²) >= 11 is 0. The number of carbonyl (C=O) groups is 1. The van der Waals surface area contributed by atoms with Gasteiger partial charge in [0.15, 0.2) is 11.5 Å². The molecule has 0 unspecified atom stereocenters. The molecule has 0 spiro atoms. The molecule has 0 bridgehead atoms. The predicted molar refractivity (Wildman–Crippen MR) is 77.1 cm³/mol. The lowest BCUT2D eigenvalue weighted by atomic mass is 10.1. The smallest absolute Gasteiger partial charge is 0.412 e. The molecule has 1 amide bonds. The zero-order valence-electron chi connectivity index (χ0n) is 12.1. The first-order valence-corrected chi connectivity index (χ1v) is 6.10. The van der Waals surface area contributed by atoms with Gasteiger partial charge in [0.25, 0.3) is 0 Å². The van der Waals surface area contributed by atoms with Crippen LogP contribution in [0.4, 0.5) is 10.5 Å². The molecule has 0 aliphatic rings. The number of ether oxygens (including phenoxy) is 2. The van der Waals surface area contributed by atoms with Crippen molar-refractivity contribution in [3.05, 3.63) is 17.7 Å². The SMILES string of the molecule is C#CCc1cc(NC(=O)OC(C)(C)C)c(O)c(OC)c1. The second-order valence-electron chi connectivity index (χ2n) is 5.20. The van der Waals surface area contributed by atoms with Gasteiger partial charge in [0.05, 0.1) is 12.8 Å². The fourth-order valence-corrected chi connectivity index (χ4v) is 1.55. The number of phenols is 1. The number of hydrogen-bond donors (Lipinski definition) is 2. The first-order chi connectivity index (χ1) is 9.26. The van der Waals surface area contributed by atoms with E-state index in [-0.39, 0.29) is 17.2 Å². The van der Waals surface area contributed by atoms with Crippen molar-refractivity contribution in [2.45, 2.75) is 32.8 Å². The third-order valence-electron chi connectivity index (χ3n) is 2.30. The van der Waals surface area contributed by atoms with Crippen LogP contribution >= 0.6 is 0 Å². The van der Waals surface area contributed by atoms with E-state index in [4.69, 9.17) is 15.9 Å². The molecule has 0 atom stereocenters. The van der Waals surface area contributed by atoms with Crippen molar-refractivity contribution in [3.63, 3.8) is 0 Å². The van der Waals surface area contributed by atoms with Gasteiger partial charge in [-0.3, -0.25) is 5.32 Å².